The molecule has 5 aromatic carbocycles. The summed E-state index contributed by atoms with van der Waals surface area (Å²) in [5.74, 6) is -4.42. The van der Waals surface area contributed by atoms with E-state index < -0.39 is 66.2 Å². The minimum Gasteiger partial charge on any atom is -0.445 e. The Morgan fingerprint density at radius 1 is 0.646 bits per heavy atom. The smallest absolute Gasteiger partial charge is 0.410 e. The molecule has 1 saturated heterocycles. The van der Waals surface area contributed by atoms with Crippen LogP contribution in [-0.4, -0.2) is 106 Å². The summed E-state index contributed by atoms with van der Waals surface area (Å²) in [6.45, 7) is 5.46. The first kappa shape index (κ1) is 46.7. The van der Waals surface area contributed by atoms with Crippen LogP contribution in [-0.2, 0) is 48.4 Å². The monoisotopic (exact) mass is 882 g/mol. The molecule has 0 spiro atoms. The highest BCUT2D eigenvalue weighted by Gasteiger charge is 2.31. The minimum atomic E-state index is -1.22. The van der Waals surface area contributed by atoms with E-state index in [2.05, 4.69) is 16.1 Å². The van der Waals surface area contributed by atoms with Crippen molar-refractivity contribution in [2.24, 2.45) is 11.7 Å². The van der Waals surface area contributed by atoms with Crippen molar-refractivity contribution in [1.29, 1.82) is 0 Å². The predicted molar refractivity (Wildman–Crippen MR) is 245 cm³/mol. The topological polar surface area (TPSA) is 204 Å². The number of fused-ring (bicyclic) bond motifs is 2. The Hall–Kier alpha value is -7.75. The Morgan fingerprint density at radius 3 is 1.74 bits per heavy atom. The molecule has 8 amide bonds. The molecule has 6 rings (SSSR count). The van der Waals surface area contributed by atoms with E-state index in [-0.39, 0.29) is 45.9 Å². The molecule has 1 aliphatic heterocycles. The van der Waals surface area contributed by atoms with Gasteiger partial charge in [-0.25, -0.2) is 14.6 Å². The zero-order valence-electron chi connectivity index (χ0n) is 36.6. The molecule has 0 bridgehead atoms. The molecule has 16 nitrogen and oxygen atoms in total. The third-order valence-corrected chi connectivity index (χ3v) is 11.0. The lowest BCUT2D eigenvalue weighted by atomic mass is 10.0. The SMILES string of the molecule is CC(C)[C@H](NC(=O)[C@H](C)NC(=O)N1CCN(C(=O)OCc2ccccc2)CC1)C(=O)NN(CC(N)=O)C(=O)/C=C/C(=O)N(Cc1cccc2ccccc12)Cc1cccc2ccccc12. The number of hydrogen-bond acceptors (Lipinski definition) is 8. The van der Waals surface area contributed by atoms with E-state index in [4.69, 9.17) is 10.5 Å². The number of nitrogens with one attached hydrogen (secondary N) is 3. The quantitative estimate of drug-likeness (QED) is 0.0862. The number of primary amides is 1. The number of benzene rings is 5. The highest BCUT2D eigenvalue weighted by Crippen LogP contribution is 2.24. The molecular formula is C49H54N8O8. The van der Waals surface area contributed by atoms with Crippen LogP contribution in [0.5, 0.6) is 0 Å². The molecule has 0 aliphatic carbocycles. The lowest BCUT2D eigenvalue weighted by Crippen LogP contribution is -2.60. The van der Waals surface area contributed by atoms with Gasteiger partial charge < -0.3 is 35.8 Å². The maximum atomic E-state index is 14.1. The average Bonchev–Trinajstić information content (AvgIpc) is 3.31. The molecule has 0 unspecified atom stereocenters. The molecule has 2 atom stereocenters. The van der Waals surface area contributed by atoms with E-state index in [0.29, 0.717) is 5.01 Å². The van der Waals surface area contributed by atoms with Crippen molar-refractivity contribution in [3.05, 3.63) is 144 Å². The predicted octanol–water partition coefficient (Wildman–Crippen LogP) is 4.62. The van der Waals surface area contributed by atoms with Crippen LogP contribution in [0, 0.1) is 5.92 Å². The summed E-state index contributed by atoms with van der Waals surface area (Å²) < 4.78 is 5.40. The maximum absolute atomic E-state index is 14.1. The Bertz CT molecular complexity index is 2470. The summed E-state index contributed by atoms with van der Waals surface area (Å²) in [5, 5.41) is 9.89. The second kappa shape index (κ2) is 22.0. The molecule has 0 aromatic heterocycles. The van der Waals surface area contributed by atoms with Crippen molar-refractivity contribution in [3.63, 3.8) is 0 Å². The second-order valence-electron chi connectivity index (χ2n) is 16.1. The van der Waals surface area contributed by atoms with Crippen molar-refractivity contribution >= 4 is 63.2 Å². The number of rotatable bonds is 15. The fraction of sp³-hybridized carbons (Fsp3) is 0.286. The van der Waals surface area contributed by atoms with Crippen molar-refractivity contribution in [1.82, 2.24) is 35.8 Å². The first-order valence-electron chi connectivity index (χ1n) is 21.4. The molecule has 0 saturated carbocycles. The third-order valence-electron chi connectivity index (χ3n) is 11.0. The largest absolute Gasteiger partial charge is 0.445 e. The number of amides is 8. The number of hydrogen-bond donors (Lipinski definition) is 4. The number of nitrogens with two attached hydrogens (primary N) is 1. The standard InChI is InChI=1S/C49H54N8O8/c1-33(2)45(52-46(61)34(3)51-48(63)54-25-27-55(28-26-54)49(64)65-32-35-13-5-4-6-14-35)47(62)53-57(31-42(50)58)44(60)24-23-43(59)56(29-38-19-11-17-36-15-7-9-21-40(36)38)30-39-20-12-18-37-16-8-10-22-41(37)39/h4-24,33-34,45H,25-32H2,1-3H3,(H2,50,58)(H,51,63)(H,52,61)(H,53,62)/b24-23+/t34-,45-/m0/s1. The van der Waals surface area contributed by atoms with Crippen LogP contribution in [0.15, 0.2) is 127 Å². The Balaban J connectivity index is 1.07. The minimum absolute atomic E-state index is 0.125. The molecule has 1 heterocycles. The first-order valence-corrected chi connectivity index (χ1v) is 21.4. The molecule has 16 heteroatoms. The number of piperazine rings is 1. The van der Waals surface area contributed by atoms with Crippen LogP contribution < -0.4 is 21.8 Å². The third kappa shape index (κ3) is 12.7. The number of carbonyl (C=O) groups is 7. The highest BCUT2D eigenvalue weighted by atomic mass is 16.6. The summed E-state index contributed by atoms with van der Waals surface area (Å²) >= 11 is 0. The van der Waals surface area contributed by atoms with Gasteiger partial charge in [0.15, 0.2) is 0 Å². The molecule has 338 valence electrons. The number of carbonyl (C=O) groups excluding carboxylic acids is 7. The summed E-state index contributed by atoms with van der Waals surface area (Å²) in [5.41, 5.74) is 10.5. The van der Waals surface area contributed by atoms with Crippen LogP contribution in [0.4, 0.5) is 9.59 Å². The van der Waals surface area contributed by atoms with Gasteiger partial charge in [0.1, 0.15) is 25.2 Å². The van der Waals surface area contributed by atoms with Gasteiger partial charge in [-0.05, 0) is 51.1 Å². The number of hydrazine groups is 1. The van der Waals surface area contributed by atoms with Gasteiger partial charge in [-0.2, -0.15) is 0 Å². The molecular weight excluding hydrogens is 829 g/mol. The molecule has 1 aliphatic rings. The van der Waals surface area contributed by atoms with Gasteiger partial charge in [0.2, 0.25) is 17.7 Å². The van der Waals surface area contributed by atoms with Crippen molar-refractivity contribution in [2.45, 2.75) is 52.6 Å². The van der Waals surface area contributed by atoms with Gasteiger partial charge in [0.25, 0.3) is 11.8 Å². The lowest BCUT2D eigenvalue weighted by Gasteiger charge is -2.34. The summed E-state index contributed by atoms with van der Waals surface area (Å²) in [6.07, 6.45) is 1.55. The summed E-state index contributed by atoms with van der Waals surface area (Å²) in [4.78, 5) is 97.1. The summed E-state index contributed by atoms with van der Waals surface area (Å²) in [7, 11) is 0. The molecule has 0 radical (unpaired) electrons. The van der Waals surface area contributed by atoms with Gasteiger partial charge in [0, 0.05) is 51.4 Å². The van der Waals surface area contributed by atoms with Gasteiger partial charge in [-0.1, -0.05) is 129 Å². The van der Waals surface area contributed by atoms with Gasteiger partial charge in [-0.15, -0.1) is 0 Å². The maximum Gasteiger partial charge on any atom is 0.410 e. The van der Waals surface area contributed by atoms with E-state index in [1.54, 1.807) is 18.7 Å². The molecule has 5 N–H and O–H groups in total. The number of ether oxygens (including phenoxy) is 1. The molecule has 1 fully saturated rings. The van der Waals surface area contributed by atoms with Gasteiger partial charge in [0.05, 0.1) is 0 Å². The molecule has 5 aromatic rings. The Labute approximate surface area is 377 Å². The fourth-order valence-corrected chi connectivity index (χ4v) is 7.41. The highest BCUT2D eigenvalue weighted by molar-refractivity contribution is 6.00. The van der Waals surface area contributed by atoms with Crippen LogP contribution in [0.25, 0.3) is 21.5 Å². The van der Waals surface area contributed by atoms with E-state index in [9.17, 15) is 33.6 Å². The normalized spacial score (nSPS) is 13.5. The average molecular weight is 883 g/mol. The fourth-order valence-electron chi connectivity index (χ4n) is 7.41. The first-order chi connectivity index (χ1) is 31.3. The Kier molecular flexibility index (Phi) is 15.9. The van der Waals surface area contributed by atoms with E-state index in [0.717, 1.165) is 50.4 Å². The number of nitrogens with zero attached hydrogens (tertiary/aromatic N) is 4. The van der Waals surface area contributed by atoms with Gasteiger partial charge >= 0.3 is 12.1 Å². The number of urea groups is 1. The zero-order chi connectivity index (χ0) is 46.5. The van der Waals surface area contributed by atoms with Crippen LogP contribution in [0.3, 0.4) is 0 Å². The van der Waals surface area contributed by atoms with Crippen LogP contribution >= 0.6 is 0 Å². The summed E-state index contributed by atoms with van der Waals surface area (Å²) in [6, 6.07) is 33.8. The van der Waals surface area contributed by atoms with Gasteiger partial charge in [-0.3, -0.25) is 29.4 Å². The van der Waals surface area contributed by atoms with Crippen molar-refractivity contribution in [2.75, 3.05) is 32.7 Å². The lowest BCUT2D eigenvalue weighted by molar-refractivity contribution is -0.143. The van der Waals surface area contributed by atoms with Crippen LogP contribution in [0.1, 0.15) is 37.5 Å². The zero-order valence-corrected chi connectivity index (χ0v) is 36.6. The van der Waals surface area contributed by atoms with E-state index in [1.165, 1.54) is 16.7 Å². The Morgan fingerprint density at radius 2 is 1.17 bits per heavy atom. The van der Waals surface area contributed by atoms with E-state index in [1.807, 2.05) is 115 Å². The molecule has 65 heavy (non-hydrogen) atoms. The van der Waals surface area contributed by atoms with Crippen LogP contribution in [0.2, 0.25) is 0 Å². The second-order valence-corrected chi connectivity index (χ2v) is 16.1. The van der Waals surface area contributed by atoms with E-state index >= 15 is 0 Å². The van der Waals surface area contributed by atoms with Crippen molar-refractivity contribution in [3.8, 4) is 0 Å². The van der Waals surface area contributed by atoms with Crippen molar-refractivity contribution < 1.29 is 38.3 Å².